The second-order valence-corrected chi connectivity index (χ2v) is 7.39. The number of nitrogens with zero attached hydrogens (tertiary/aromatic N) is 1. The zero-order valence-corrected chi connectivity index (χ0v) is 13.3. The molecule has 2 rings (SSSR count). The fourth-order valence-corrected chi connectivity index (χ4v) is 3.30. The van der Waals surface area contributed by atoms with E-state index < -0.39 is 26.3 Å². The molecule has 1 N–H and O–H groups in total. The summed E-state index contributed by atoms with van der Waals surface area (Å²) in [5.74, 6) is 0. The van der Waals surface area contributed by atoms with Crippen LogP contribution in [0.3, 0.4) is 0 Å². The van der Waals surface area contributed by atoms with Crippen LogP contribution in [0.2, 0.25) is 0 Å². The van der Waals surface area contributed by atoms with Gasteiger partial charge in [0, 0.05) is 12.2 Å². The summed E-state index contributed by atoms with van der Waals surface area (Å²) in [4.78, 5) is 1.12. The molecule has 0 aromatic heterocycles. The molecule has 1 aromatic carbocycles. The van der Waals surface area contributed by atoms with Crippen molar-refractivity contribution in [3.05, 3.63) is 24.3 Å². The number of sulfone groups is 1. The summed E-state index contributed by atoms with van der Waals surface area (Å²) in [6, 6.07) is 4.48. The number of halogens is 3. The standard InChI is InChI=1S/C14H18F3NO4S/c1-10(19)8-12-9-22-7-6-18(12)11-2-4-13(5-3-11)23(20,21)14(15,16)17/h2-5,10,12,19H,6-9H2,1H3. The fourth-order valence-electron chi connectivity index (χ4n) is 2.53. The lowest BCUT2D eigenvalue weighted by molar-refractivity contribution is -0.0436. The van der Waals surface area contributed by atoms with Crippen LogP contribution < -0.4 is 4.90 Å². The average Bonchev–Trinajstić information content (AvgIpc) is 2.46. The first-order valence-electron chi connectivity index (χ1n) is 7.07. The topological polar surface area (TPSA) is 66.8 Å². The Balaban J connectivity index is 2.24. The maximum Gasteiger partial charge on any atom is 0.501 e. The van der Waals surface area contributed by atoms with Crippen LogP contribution in [0.5, 0.6) is 0 Å². The first kappa shape index (κ1) is 18.0. The van der Waals surface area contributed by atoms with Crippen molar-refractivity contribution in [1.29, 1.82) is 0 Å². The summed E-state index contributed by atoms with van der Waals surface area (Å²) in [6.45, 7) is 3.01. The Hall–Kier alpha value is -1.32. The van der Waals surface area contributed by atoms with Crippen molar-refractivity contribution in [2.45, 2.75) is 35.9 Å². The fraction of sp³-hybridized carbons (Fsp3) is 0.571. The number of hydrogen-bond donors (Lipinski definition) is 1. The number of ether oxygens (including phenoxy) is 1. The summed E-state index contributed by atoms with van der Waals surface area (Å²) in [6.07, 6.45) is -0.100. The molecule has 1 fully saturated rings. The van der Waals surface area contributed by atoms with E-state index in [1.807, 2.05) is 4.90 Å². The first-order chi connectivity index (χ1) is 10.6. The smallest absolute Gasteiger partial charge is 0.393 e. The van der Waals surface area contributed by atoms with Gasteiger partial charge in [-0.3, -0.25) is 0 Å². The van der Waals surface area contributed by atoms with E-state index in [0.29, 0.717) is 31.9 Å². The molecule has 0 aliphatic carbocycles. The molecule has 130 valence electrons. The lowest BCUT2D eigenvalue weighted by Gasteiger charge is -2.38. The highest BCUT2D eigenvalue weighted by molar-refractivity contribution is 7.92. The van der Waals surface area contributed by atoms with Gasteiger partial charge in [0.25, 0.3) is 9.84 Å². The lowest BCUT2D eigenvalue weighted by Crippen LogP contribution is -2.46. The van der Waals surface area contributed by atoms with Crippen molar-refractivity contribution in [2.75, 3.05) is 24.7 Å². The SMILES string of the molecule is CC(O)CC1COCCN1c1ccc(S(=O)(=O)C(F)(F)F)cc1. The third-order valence-electron chi connectivity index (χ3n) is 3.62. The number of aliphatic hydroxyl groups is 1. The quantitative estimate of drug-likeness (QED) is 0.896. The van der Waals surface area contributed by atoms with Gasteiger partial charge < -0.3 is 14.7 Å². The Morgan fingerprint density at radius 2 is 1.96 bits per heavy atom. The molecule has 0 amide bonds. The van der Waals surface area contributed by atoms with Gasteiger partial charge in [-0.25, -0.2) is 8.42 Å². The summed E-state index contributed by atoms with van der Waals surface area (Å²) < 4.78 is 65.7. The number of alkyl halides is 3. The molecule has 0 bridgehead atoms. The Morgan fingerprint density at radius 1 is 1.35 bits per heavy atom. The molecule has 0 radical (unpaired) electrons. The van der Waals surface area contributed by atoms with Crippen LogP contribution >= 0.6 is 0 Å². The predicted octanol–water partition coefficient (Wildman–Crippen LogP) is 1.96. The summed E-state index contributed by atoms with van der Waals surface area (Å²) in [5.41, 5.74) is -4.72. The monoisotopic (exact) mass is 353 g/mol. The molecule has 1 saturated heterocycles. The second-order valence-electron chi connectivity index (χ2n) is 5.45. The second kappa shape index (κ2) is 6.66. The van der Waals surface area contributed by atoms with Crippen LogP contribution in [0.4, 0.5) is 18.9 Å². The number of benzene rings is 1. The molecule has 0 spiro atoms. The van der Waals surface area contributed by atoms with Gasteiger partial charge in [0.1, 0.15) is 0 Å². The molecule has 2 atom stereocenters. The summed E-state index contributed by atoms with van der Waals surface area (Å²) in [5, 5.41) is 9.52. The molecular formula is C14H18F3NO4S. The van der Waals surface area contributed by atoms with Crippen molar-refractivity contribution >= 4 is 15.5 Å². The maximum atomic E-state index is 12.5. The molecule has 1 aliphatic rings. The Kier molecular flexibility index (Phi) is 5.22. The number of rotatable bonds is 4. The van der Waals surface area contributed by atoms with Crippen molar-refractivity contribution in [2.24, 2.45) is 0 Å². The Labute approximate surface area is 132 Å². The van der Waals surface area contributed by atoms with Gasteiger partial charge in [-0.2, -0.15) is 13.2 Å². The lowest BCUT2D eigenvalue weighted by atomic mass is 10.1. The molecular weight excluding hydrogens is 335 g/mol. The zero-order valence-electron chi connectivity index (χ0n) is 12.5. The molecule has 1 aliphatic heterocycles. The molecule has 0 saturated carbocycles. The summed E-state index contributed by atoms with van der Waals surface area (Å²) in [7, 11) is -5.34. The minimum absolute atomic E-state index is 0.117. The van der Waals surface area contributed by atoms with Crippen LogP contribution in [-0.2, 0) is 14.6 Å². The van der Waals surface area contributed by atoms with Crippen molar-refractivity contribution < 1.29 is 31.4 Å². The van der Waals surface area contributed by atoms with Gasteiger partial charge in [-0.15, -0.1) is 0 Å². The summed E-state index contributed by atoms with van der Waals surface area (Å²) >= 11 is 0. The van der Waals surface area contributed by atoms with Crippen LogP contribution in [-0.4, -0.2) is 50.9 Å². The number of aliphatic hydroxyl groups excluding tert-OH is 1. The van der Waals surface area contributed by atoms with E-state index in [9.17, 15) is 26.7 Å². The molecule has 23 heavy (non-hydrogen) atoms. The van der Waals surface area contributed by atoms with Gasteiger partial charge >= 0.3 is 5.51 Å². The number of morpholine rings is 1. The maximum absolute atomic E-state index is 12.5. The molecule has 5 nitrogen and oxygen atoms in total. The Morgan fingerprint density at radius 3 is 2.48 bits per heavy atom. The minimum Gasteiger partial charge on any atom is -0.393 e. The highest BCUT2D eigenvalue weighted by atomic mass is 32.2. The van der Waals surface area contributed by atoms with E-state index in [1.54, 1.807) is 6.92 Å². The zero-order chi connectivity index (χ0) is 17.3. The van der Waals surface area contributed by atoms with Gasteiger partial charge in [-0.05, 0) is 37.6 Å². The van der Waals surface area contributed by atoms with Crippen LogP contribution in [0.25, 0.3) is 0 Å². The minimum atomic E-state index is -5.34. The van der Waals surface area contributed by atoms with E-state index in [1.165, 1.54) is 12.1 Å². The van der Waals surface area contributed by atoms with Crippen LogP contribution in [0.1, 0.15) is 13.3 Å². The third kappa shape index (κ3) is 3.96. The van der Waals surface area contributed by atoms with Crippen LogP contribution in [0.15, 0.2) is 29.2 Å². The average molecular weight is 353 g/mol. The largest absolute Gasteiger partial charge is 0.501 e. The Bertz CT molecular complexity index is 628. The highest BCUT2D eigenvalue weighted by Crippen LogP contribution is 2.31. The molecule has 2 unspecified atom stereocenters. The molecule has 9 heteroatoms. The van der Waals surface area contributed by atoms with Crippen LogP contribution in [0, 0.1) is 0 Å². The normalized spacial score (nSPS) is 21.3. The van der Waals surface area contributed by atoms with E-state index in [-0.39, 0.29) is 6.04 Å². The highest BCUT2D eigenvalue weighted by Gasteiger charge is 2.46. The number of hydrogen-bond acceptors (Lipinski definition) is 5. The molecule has 1 heterocycles. The third-order valence-corrected chi connectivity index (χ3v) is 5.13. The van der Waals surface area contributed by atoms with E-state index in [0.717, 1.165) is 12.1 Å². The van der Waals surface area contributed by atoms with E-state index >= 15 is 0 Å². The van der Waals surface area contributed by atoms with Crippen molar-refractivity contribution in [1.82, 2.24) is 0 Å². The van der Waals surface area contributed by atoms with E-state index in [4.69, 9.17) is 4.74 Å². The van der Waals surface area contributed by atoms with Crippen molar-refractivity contribution in [3.8, 4) is 0 Å². The van der Waals surface area contributed by atoms with Gasteiger partial charge in [0.05, 0.1) is 30.3 Å². The molecule has 1 aromatic rings. The van der Waals surface area contributed by atoms with Crippen molar-refractivity contribution in [3.63, 3.8) is 0 Å². The van der Waals surface area contributed by atoms with Gasteiger partial charge in [0.2, 0.25) is 0 Å². The predicted molar refractivity (Wildman–Crippen MR) is 77.9 cm³/mol. The van der Waals surface area contributed by atoms with Gasteiger partial charge in [0.15, 0.2) is 0 Å². The first-order valence-corrected chi connectivity index (χ1v) is 8.55. The number of anilines is 1. The van der Waals surface area contributed by atoms with E-state index in [2.05, 4.69) is 0 Å². The van der Waals surface area contributed by atoms with Gasteiger partial charge in [-0.1, -0.05) is 0 Å².